The van der Waals surface area contributed by atoms with E-state index in [0.717, 1.165) is 25.2 Å². The van der Waals surface area contributed by atoms with Gasteiger partial charge in [0.25, 0.3) is 0 Å². The van der Waals surface area contributed by atoms with Crippen molar-refractivity contribution in [3.8, 4) is 0 Å². The van der Waals surface area contributed by atoms with Gasteiger partial charge in [0, 0.05) is 25.2 Å². The van der Waals surface area contributed by atoms with Crippen molar-refractivity contribution < 1.29 is 9.55 Å². The van der Waals surface area contributed by atoms with Gasteiger partial charge in [0.1, 0.15) is 0 Å². The smallest absolute Gasteiger partial charge is 0.300 e. The van der Waals surface area contributed by atoms with Crippen molar-refractivity contribution in [2.45, 2.75) is 19.4 Å². The van der Waals surface area contributed by atoms with Crippen LogP contribution in [0.15, 0.2) is 16.8 Å². The number of nitrogens with two attached hydrogens (primary N) is 1. The summed E-state index contributed by atoms with van der Waals surface area (Å²) in [7, 11) is 0. The maximum Gasteiger partial charge on any atom is 0.300 e. The fourth-order valence-electron chi connectivity index (χ4n) is 2.63. The molecular weight excluding hydrogens is 262 g/mol. The van der Waals surface area contributed by atoms with E-state index in [1.54, 1.807) is 6.07 Å². The fourth-order valence-corrected chi connectivity index (χ4v) is 2.63. The highest BCUT2D eigenvalue weighted by atomic mass is 16.6. The van der Waals surface area contributed by atoms with E-state index < -0.39 is 4.92 Å². The average Bonchev–Trinajstić information content (AvgIpc) is 2.89. The third-order valence-electron chi connectivity index (χ3n) is 3.88. The predicted molar refractivity (Wildman–Crippen MR) is 72.4 cm³/mol. The topological polar surface area (TPSA) is 111 Å². The van der Waals surface area contributed by atoms with Crippen LogP contribution >= 0.6 is 0 Å². The largest absolute Gasteiger partial charge is 0.369 e. The fraction of sp³-hybridized carbons (Fsp3) is 0.500. The molecule has 106 valence electrons. The van der Waals surface area contributed by atoms with Crippen LogP contribution in [0.4, 0.5) is 11.4 Å². The summed E-state index contributed by atoms with van der Waals surface area (Å²) in [6, 6.07) is 3.34. The molecule has 20 heavy (non-hydrogen) atoms. The Kier molecular flexibility index (Phi) is 3.01. The Morgan fingerprint density at radius 2 is 2.20 bits per heavy atom. The Hall–Kier alpha value is -2.22. The normalized spacial score (nSPS) is 23.2. The Morgan fingerprint density at radius 1 is 1.45 bits per heavy atom. The minimum absolute atomic E-state index is 0.0910. The zero-order valence-corrected chi connectivity index (χ0v) is 11.0. The molecule has 0 bridgehead atoms. The molecule has 1 saturated heterocycles. The number of non-ortho nitro benzene ring substituents is 1. The third kappa shape index (κ3) is 1.97. The molecule has 0 radical (unpaired) electrons. The Morgan fingerprint density at radius 3 is 2.90 bits per heavy atom. The maximum absolute atomic E-state index is 11.0. The van der Waals surface area contributed by atoms with E-state index >= 15 is 0 Å². The number of aromatic nitrogens is 2. The van der Waals surface area contributed by atoms with E-state index in [1.807, 2.05) is 0 Å². The average molecular weight is 277 g/mol. The quantitative estimate of drug-likeness (QED) is 0.650. The lowest BCUT2D eigenvalue weighted by Crippen LogP contribution is -2.46. The highest BCUT2D eigenvalue weighted by molar-refractivity contribution is 5.93. The minimum atomic E-state index is -0.481. The second-order valence-electron chi connectivity index (χ2n) is 5.20. The molecule has 1 aromatic carbocycles. The summed E-state index contributed by atoms with van der Waals surface area (Å²) < 4.78 is 4.68. The Bertz CT molecular complexity index is 656. The van der Waals surface area contributed by atoms with Crippen LogP contribution < -0.4 is 10.6 Å². The molecule has 2 N–H and O–H groups in total. The van der Waals surface area contributed by atoms with Gasteiger partial charge in [-0.1, -0.05) is 6.92 Å². The van der Waals surface area contributed by atoms with Crippen LogP contribution in [0.3, 0.4) is 0 Å². The number of rotatable bonds is 2. The summed E-state index contributed by atoms with van der Waals surface area (Å²) in [6.07, 6.45) is 0.880. The van der Waals surface area contributed by atoms with E-state index in [4.69, 9.17) is 5.73 Å². The molecule has 3 rings (SSSR count). The van der Waals surface area contributed by atoms with Crippen LogP contribution in [0.25, 0.3) is 11.0 Å². The van der Waals surface area contributed by atoms with Crippen molar-refractivity contribution >= 4 is 22.4 Å². The van der Waals surface area contributed by atoms with Gasteiger partial charge in [0.05, 0.1) is 10.6 Å². The zero-order valence-electron chi connectivity index (χ0n) is 11.0. The molecule has 0 aliphatic carbocycles. The van der Waals surface area contributed by atoms with Gasteiger partial charge in [-0.15, -0.1) is 0 Å². The van der Waals surface area contributed by atoms with Gasteiger partial charge in [-0.05, 0) is 28.7 Å². The van der Waals surface area contributed by atoms with Gasteiger partial charge in [0.2, 0.25) is 5.52 Å². The molecule has 1 aromatic heterocycles. The summed E-state index contributed by atoms with van der Waals surface area (Å²) in [4.78, 5) is 12.6. The lowest BCUT2D eigenvalue weighted by atomic mass is 9.94. The summed E-state index contributed by atoms with van der Waals surface area (Å²) in [5.41, 5.74) is 7.35. The van der Waals surface area contributed by atoms with Crippen molar-refractivity contribution in [2.75, 3.05) is 18.0 Å². The lowest BCUT2D eigenvalue weighted by Gasteiger charge is -2.36. The first-order valence-electron chi connectivity index (χ1n) is 6.48. The molecule has 1 aliphatic rings. The number of nitrogens with zero attached hydrogens (tertiary/aromatic N) is 4. The first-order chi connectivity index (χ1) is 9.58. The molecule has 2 heterocycles. The second kappa shape index (κ2) is 4.71. The summed E-state index contributed by atoms with van der Waals surface area (Å²) in [6.45, 7) is 3.69. The molecule has 2 aromatic rings. The van der Waals surface area contributed by atoms with Gasteiger partial charge in [-0.25, -0.2) is 4.63 Å². The summed E-state index contributed by atoms with van der Waals surface area (Å²) >= 11 is 0. The number of hydrogen-bond acceptors (Lipinski definition) is 7. The van der Waals surface area contributed by atoms with E-state index in [0.29, 0.717) is 11.4 Å². The van der Waals surface area contributed by atoms with Crippen LogP contribution in [0, 0.1) is 16.0 Å². The Balaban J connectivity index is 2.03. The van der Waals surface area contributed by atoms with Gasteiger partial charge in [-0.2, -0.15) is 0 Å². The molecule has 0 spiro atoms. The van der Waals surface area contributed by atoms with E-state index in [9.17, 15) is 10.1 Å². The van der Waals surface area contributed by atoms with Crippen molar-refractivity contribution in [2.24, 2.45) is 11.7 Å². The van der Waals surface area contributed by atoms with E-state index in [1.165, 1.54) is 6.07 Å². The SMILES string of the molecule is CC1CN(c2ccc([N+](=O)[O-])c3nonc23)CCC1N. The van der Waals surface area contributed by atoms with Crippen LogP contribution in [0.2, 0.25) is 0 Å². The van der Waals surface area contributed by atoms with Crippen molar-refractivity contribution in [1.82, 2.24) is 10.3 Å². The molecule has 2 atom stereocenters. The van der Waals surface area contributed by atoms with Crippen molar-refractivity contribution in [1.29, 1.82) is 0 Å². The van der Waals surface area contributed by atoms with Gasteiger partial charge in [0.15, 0.2) is 5.52 Å². The van der Waals surface area contributed by atoms with Gasteiger partial charge >= 0.3 is 5.69 Å². The molecular formula is C12H15N5O3. The van der Waals surface area contributed by atoms with Crippen LogP contribution in [-0.4, -0.2) is 34.4 Å². The molecule has 1 fully saturated rings. The van der Waals surface area contributed by atoms with Crippen LogP contribution in [0.5, 0.6) is 0 Å². The second-order valence-corrected chi connectivity index (χ2v) is 5.20. The monoisotopic (exact) mass is 277 g/mol. The number of piperidine rings is 1. The standard InChI is InChI=1S/C12H15N5O3/c1-7-6-16(5-4-8(7)13)9-2-3-10(17(18)19)12-11(9)14-20-15-12/h2-3,7-8H,4-6,13H2,1H3. The molecule has 0 amide bonds. The molecule has 8 heteroatoms. The van der Waals surface area contributed by atoms with Gasteiger partial charge in [-0.3, -0.25) is 10.1 Å². The molecule has 1 aliphatic heterocycles. The van der Waals surface area contributed by atoms with Crippen LogP contribution in [0.1, 0.15) is 13.3 Å². The maximum atomic E-state index is 11.0. The minimum Gasteiger partial charge on any atom is -0.369 e. The first kappa shape index (κ1) is 12.8. The lowest BCUT2D eigenvalue weighted by molar-refractivity contribution is -0.383. The molecule has 8 nitrogen and oxygen atoms in total. The highest BCUT2D eigenvalue weighted by Gasteiger charge is 2.27. The van der Waals surface area contributed by atoms with Gasteiger partial charge < -0.3 is 10.6 Å². The number of fused-ring (bicyclic) bond motifs is 1. The number of nitro benzene ring substituents is 1. The first-order valence-corrected chi connectivity index (χ1v) is 6.48. The molecule has 2 unspecified atom stereocenters. The summed E-state index contributed by atoms with van der Waals surface area (Å²) in [5.74, 6) is 0.355. The molecule has 0 saturated carbocycles. The van der Waals surface area contributed by atoms with Crippen molar-refractivity contribution in [3.63, 3.8) is 0 Å². The number of hydrogen-bond donors (Lipinski definition) is 1. The highest BCUT2D eigenvalue weighted by Crippen LogP contribution is 2.33. The zero-order chi connectivity index (χ0) is 14.3. The van der Waals surface area contributed by atoms with Crippen molar-refractivity contribution in [3.05, 3.63) is 22.2 Å². The van der Waals surface area contributed by atoms with E-state index in [-0.39, 0.29) is 17.2 Å². The summed E-state index contributed by atoms with van der Waals surface area (Å²) in [5, 5.41) is 18.4. The Labute approximate surface area is 114 Å². The predicted octanol–water partition coefficient (Wildman–Crippen LogP) is 1.30. The van der Waals surface area contributed by atoms with E-state index in [2.05, 4.69) is 26.8 Å². The third-order valence-corrected chi connectivity index (χ3v) is 3.88. The number of benzene rings is 1. The number of anilines is 1. The number of nitro groups is 1. The van der Waals surface area contributed by atoms with Crippen LogP contribution in [-0.2, 0) is 0 Å².